The summed E-state index contributed by atoms with van der Waals surface area (Å²) in [7, 11) is 0. The highest BCUT2D eigenvalue weighted by molar-refractivity contribution is 9.10. The van der Waals surface area contributed by atoms with E-state index in [0.29, 0.717) is 16.1 Å². The summed E-state index contributed by atoms with van der Waals surface area (Å²) in [6.07, 6.45) is 1.59. The molecule has 0 aliphatic rings. The van der Waals surface area contributed by atoms with Crippen LogP contribution in [0.25, 0.3) is 11.0 Å². The lowest BCUT2D eigenvalue weighted by molar-refractivity contribution is 0.102. The molecule has 28 heavy (non-hydrogen) atoms. The summed E-state index contributed by atoms with van der Waals surface area (Å²) >= 11 is 10.8. The van der Waals surface area contributed by atoms with Gasteiger partial charge in [0.15, 0.2) is 5.13 Å². The maximum atomic E-state index is 13.3. The van der Waals surface area contributed by atoms with Gasteiger partial charge in [0.1, 0.15) is 17.0 Å². The van der Waals surface area contributed by atoms with Crippen molar-refractivity contribution in [1.29, 1.82) is 0 Å². The fourth-order valence-electron chi connectivity index (χ4n) is 2.48. The van der Waals surface area contributed by atoms with Gasteiger partial charge in [0.05, 0.1) is 10.7 Å². The van der Waals surface area contributed by atoms with Crippen LogP contribution in [-0.2, 0) is 0 Å². The highest BCUT2D eigenvalue weighted by Gasteiger charge is 2.15. The second kappa shape index (κ2) is 7.83. The van der Waals surface area contributed by atoms with Crippen molar-refractivity contribution in [2.75, 3.05) is 5.32 Å². The highest BCUT2D eigenvalue weighted by Crippen LogP contribution is 2.26. The fraction of sp³-hybridized carbons (Fsp3) is 0. The van der Waals surface area contributed by atoms with Crippen molar-refractivity contribution in [3.63, 3.8) is 0 Å². The maximum absolute atomic E-state index is 13.3. The van der Waals surface area contributed by atoms with Crippen LogP contribution in [0.5, 0.6) is 0 Å². The molecule has 140 valence electrons. The van der Waals surface area contributed by atoms with Crippen LogP contribution in [0.3, 0.4) is 0 Å². The van der Waals surface area contributed by atoms with Crippen molar-refractivity contribution < 1.29 is 13.6 Å². The molecule has 5 nitrogen and oxygen atoms in total. The molecule has 1 amide bonds. The second-order valence-electron chi connectivity index (χ2n) is 5.65. The molecule has 0 saturated heterocycles. The Bertz CT molecular complexity index is 1260. The molecule has 0 unspecified atom stereocenters. The molecule has 0 aliphatic carbocycles. The average Bonchev–Trinajstić information content (AvgIpc) is 3.16. The minimum atomic E-state index is -0.481. The number of hydrogen-bond donors (Lipinski definition) is 1. The predicted octanol–water partition coefficient (Wildman–Crippen LogP) is 5.93. The minimum absolute atomic E-state index is 0.0531. The van der Waals surface area contributed by atoms with Crippen LogP contribution >= 0.6 is 38.9 Å². The van der Waals surface area contributed by atoms with Crippen LogP contribution < -0.4 is 10.9 Å². The summed E-state index contributed by atoms with van der Waals surface area (Å²) in [6.45, 7) is 0. The van der Waals surface area contributed by atoms with Crippen molar-refractivity contribution in [2.24, 2.45) is 4.99 Å². The zero-order chi connectivity index (χ0) is 19.7. The van der Waals surface area contributed by atoms with E-state index in [9.17, 15) is 9.18 Å². The van der Waals surface area contributed by atoms with Crippen LogP contribution in [0.1, 0.15) is 10.4 Å². The third-order valence-corrected chi connectivity index (χ3v) is 5.22. The van der Waals surface area contributed by atoms with Gasteiger partial charge < -0.3 is 4.42 Å². The number of nitrogens with one attached hydrogen (secondary N) is 1. The van der Waals surface area contributed by atoms with Crippen LogP contribution in [0, 0.1) is 5.82 Å². The monoisotopic (exact) mass is 477 g/mol. The number of halogens is 3. The average molecular weight is 479 g/mol. The summed E-state index contributed by atoms with van der Waals surface area (Å²) in [5.41, 5.74) is 1.07. The number of rotatable bonds is 3. The number of benzene rings is 2. The van der Waals surface area contributed by atoms with Gasteiger partial charge in [0.2, 0.25) is 5.55 Å². The molecule has 0 spiro atoms. The molecule has 0 fully saturated rings. The van der Waals surface area contributed by atoms with Gasteiger partial charge in [-0.25, -0.2) is 14.4 Å². The molecule has 0 radical (unpaired) electrons. The first-order valence-corrected chi connectivity index (χ1v) is 9.99. The van der Waals surface area contributed by atoms with Crippen molar-refractivity contribution in [2.45, 2.75) is 0 Å². The lowest BCUT2D eigenvalue weighted by atomic mass is 10.1. The topological polar surface area (TPSA) is 67.5 Å². The van der Waals surface area contributed by atoms with E-state index in [2.05, 4.69) is 31.2 Å². The number of anilines is 1. The second-order valence-corrected chi connectivity index (χ2v) is 7.86. The molecule has 2 aromatic heterocycles. The molecule has 0 atom stereocenters. The van der Waals surface area contributed by atoms with E-state index in [4.69, 9.17) is 16.0 Å². The van der Waals surface area contributed by atoms with E-state index in [-0.39, 0.29) is 21.8 Å². The van der Waals surface area contributed by atoms with Gasteiger partial charge in [0.25, 0.3) is 5.91 Å². The summed E-state index contributed by atoms with van der Waals surface area (Å²) < 4.78 is 20.0. The summed E-state index contributed by atoms with van der Waals surface area (Å²) in [5.74, 6) is -0.913. The van der Waals surface area contributed by atoms with E-state index in [0.717, 1.165) is 10.5 Å². The first kappa shape index (κ1) is 18.8. The Morgan fingerprint density at radius 2 is 2.11 bits per heavy atom. The number of hydrogen-bond acceptors (Lipinski definition) is 5. The van der Waals surface area contributed by atoms with Crippen LogP contribution in [-0.4, -0.2) is 10.9 Å². The van der Waals surface area contributed by atoms with Gasteiger partial charge >= 0.3 is 0 Å². The Hall–Kier alpha value is -2.55. The zero-order valence-corrected chi connectivity index (χ0v) is 17.1. The summed E-state index contributed by atoms with van der Waals surface area (Å²) in [6, 6.07) is 10.9. The number of carbonyl (C=O) groups is 1. The standard InChI is InChI=1S/C19H10BrClFN3O2S/c20-11-1-4-16-10(7-11)8-13(17(26)25-19-23-5-6-28-19)18(27-16)24-15-3-2-12(22)9-14(15)21/h1-9H,(H,23,25,26). The van der Waals surface area contributed by atoms with Crippen molar-refractivity contribution in [3.8, 4) is 0 Å². The van der Waals surface area contributed by atoms with Gasteiger partial charge in [-0.15, -0.1) is 11.3 Å². The Balaban J connectivity index is 1.90. The Morgan fingerprint density at radius 3 is 2.86 bits per heavy atom. The van der Waals surface area contributed by atoms with E-state index >= 15 is 0 Å². The van der Waals surface area contributed by atoms with Crippen molar-refractivity contribution in [1.82, 2.24) is 4.98 Å². The quantitative estimate of drug-likeness (QED) is 0.397. The Kier molecular flexibility index (Phi) is 5.25. The molecular weight excluding hydrogens is 469 g/mol. The number of nitrogens with zero attached hydrogens (tertiary/aromatic N) is 2. The molecule has 2 aromatic carbocycles. The number of carbonyl (C=O) groups excluding carboxylic acids is 1. The van der Waals surface area contributed by atoms with E-state index < -0.39 is 11.7 Å². The minimum Gasteiger partial charge on any atom is -0.438 e. The third kappa shape index (κ3) is 3.99. The zero-order valence-electron chi connectivity index (χ0n) is 13.9. The SMILES string of the molecule is O=C(Nc1nccs1)c1cc2cc(Br)ccc2oc1=Nc1ccc(F)cc1Cl. The van der Waals surface area contributed by atoms with Gasteiger partial charge in [-0.05, 0) is 42.5 Å². The molecule has 0 aliphatic heterocycles. The number of thiazole rings is 1. The molecule has 4 rings (SSSR count). The Labute approximate surface area is 175 Å². The van der Waals surface area contributed by atoms with Crippen molar-refractivity contribution in [3.05, 3.63) is 80.5 Å². The molecule has 0 saturated carbocycles. The van der Waals surface area contributed by atoms with Crippen molar-refractivity contribution >= 4 is 66.6 Å². The van der Waals surface area contributed by atoms with Gasteiger partial charge in [-0.3, -0.25) is 10.1 Å². The highest BCUT2D eigenvalue weighted by atomic mass is 79.9. The molecule has 1 N–H and O–H groups in total. The smallest absolute Gasteiger partial charge is 0.262 e. The maximum Gasteiger partial charge on any atom is 0.262 e. The number of fused-ring (bicyclic) bond motifs is 1. The van der Waals surface area contributed by atoms with E-state index in [1.165, 1.54) is 23.5 Å². The predicted molar refractivity (Wildman–Crippen MR) is 111 cm³/mol. The largest absolute Gasteiger partial charge is 0.438 e. The molecular formula is C19H10BrClFN3O2S. The number of amides is 1. The summed E-state index contributed by atoms with van der Waals surface area (Å²) in [4.78, 5) is 21.2. The van der Waals surface area contributed by atoms with Gasteiger partial charge in [0, 0.05) is 21.4 Å². The van der Waals surface area contributed by atoms with Gasteiger partial charge in [-0.1, -0.05) is 27.5 Å². The fourth-order valence-corrected chi connectivity index (χ4v) is 3.59. The lowest BCUT2D eigenvalue weighted by Crippen LogP contribution is -2.21. The van der Waals surface area contributed by atoms with Crippen LogP contribution in [0.4, 0.5) is 15.2 Å². The van der Waals surface area contributed by atoms with E-state index in [1.807, 2.05) is 12.1 Å². The van der Waals surface area contributed by atoms with E-state index in [1.54, 1.807) is 23.7 Å². The van der Waals surface area contributed by atoms with Gasteiger partial charge in [-0.2, -0.15) is 0 Å². The third-order valence-electron chi connectivity index (χ3n) is 3.74. The first-order valence-electron chi connectivity index (χ1n) is 7.93. The lowest BCUT2D eigenvalue weighted by Gasteiger charge is -2.06. The molecule has 4 aromatic rings. The van der Waals surface area contributed by atoms with Crippen LogP contribution in [0.15, 0.2) is 67.9 Å². The molecule has 0 bridgehead atoms. The molecule has 9 heteroatoms. The normalized spacial score (nSPS) is 11.8. The summed E-state index contributed by atoms with van der Waals surface area (Å²) in [5, 5.41) is 5.73. The number of aromatic nitrogens is 1. The molecule has 2 heterocycles. The first-order chi connectivity index (χ1) is 13.5. The Morgan fingerprint density at radius 1 is 1.25 bits per heavy atom. The van der Waals surface area contributed by atoms with Crippen LogP contribution in [0.2, 0.25) is 5.02 Å².